The number of pyridine rings is 1. The molecule has 3 heterocycles. The third-order valence-corrected chi connectivity index (χ3v) is 8.32. The van der Waals surface area contributed by atoms with E-state index >= 15 is 0 Å². The van der Waals surface area contributed by atoms with Gasteiger partial charge in [-0.15, -0.1) is 4.68 Å². The van der Waals surface area contributed by atoms with E-state index in [-0.39, 0.29) is 29.3 Å². The normalized spacial score (nSPS) is 15.2. The van der Waals surface area contributed by atoms with E-state index in [9.17, 15) is 14.8 Å². The Morgan fingerprint density at radius 3 is 2.34 bits per heavy atom. The highest BCUT2D eigenvalue weighted by Crippen LogP contribution is 2.31. The molecule has 1 aliphatic heterocycles. The fourth-order valence-corrected chi connectivity index (χ4v) is 6.15. The maximum Gasteiger partial charge on any atom is 0.220 e. The van der Waals surface area contributed by atoms with Crippen LogP contribution >= 0.6 is 0 Å². The molecule has 0 bridgehead atoms. The molecule has 1 saturated heterocycles. The molecule has 8 nitrogen and oxygen atoms in total. The number of piperidine rings is 1. The topological polar surface area (TPSA) is 95.0 Å². The highest BCUT2D eigenvalue weighted by atomic mass is 16.5. The first-order valence-corrected chi connectivity index (χ1v) is 14.2. The van der Waals surface area contributed by atoms with Gasteiger partial charge in [0.15, 0.2) is 5.69 Å². The molecule has 2 aliphatic rings. The quantitative estimate of drug-likeness (QED) is 0.225. The molecule has 41 heavy (non-hydrogen) atoms. The maximum absolute atomic E-state index is 13.2. The Kier molecular flexibility index (Phi) is 6.40. The van der Waals surface area contributed by atoms with Crippen molar-refractivity contribution in [2.45, 2.75) is 32.2 Å². The Morgan fingerprint density at radius 2 is 1.56 bits per heavy atom. The van der Waals surface area contributed by atoms with Crippen molar-refractivity contribution >= 4 is 22.5 Å². The fraction of sp³-hybridized carbons (Fsp3) is 0.242. The van der Waals surface area contributed by atoms with E-state index in [0.717, 1.165) is 35.2 Å². The molecule has 0 unspecified atom stereocenters. The van der Waals surface area contributed by atoms with Crippen molar-refractivity contribution in [1.82, 2.24) is 19.7 Å². The summed E-state index contributed by atoms with van der Waals surface area (Å²) in [6.07, 6.45) is 6.75. The first-order valence-electron chi connectivity index (χ1n) is 14.2. The molecule has 2 aromatic heterocycles. The van der Waals surface area contributed by atoms with Gasteiger partial charge in [-0.05, 0) is 55.1 Å². The van der Waals surface area contributed by atoms with Gasteiger partial charge in [-0.25, -0.2) is 0 Å². The Hall–Kier alpha value is -4.69. The fourth-order valence-electron chi connectivity index (χ4n) is 6.15. The van der Waals surface area contributed by atoms with Crippen molar-refractivity contribution < 1.29 is 14.5 Å². The number of rotatable bonds is 6. The second kappa shape index (κ2) is 10.4. The van der Waals surface area contributed by atoms with E-state index in [1.807, 2.05) is 36.5 Å². The third-order valence-electron chi connectivity index (χ3n) is 8.32. The molecule has 0 amide bonds. The number of benzene rings is 3. The third kappa shape index (κ3) is 4.50. The summed E-state index contributed by atoms with van der Waals surface area (Å²) >= 11 is 0. The van der Waals surface area contributed by atoms with Crippen molar-refractivity contribution in [1.29, 1.82) is 0 Å². The van der Waals surface area contributed by atoms with Crippen LogP contribution in [-0.2, 0) is 13.0 Å². The van der Waals surface area contributed by atoms with E-state index in [1.54, 1.807) is 24.3 Å². The van der Waals surface area contributed by atoms with Gasteiger partial charge in [0.2, 0.25) is 17.3 Å². The molecule has 1 fully saturated rings. The second-order valence-corrected chi connectivity index (χ2v) is 10.8. The van der Waals surface area contributed by atoms with Crippen molar-refractivity contribution in [3.05, 3.63) is 118 Å². The van der Waals surface area contributed by atoms with Crippen LogP contribution in [-0.4, -0.2) is 50.9 Å². The number of hydrogen-bond donors (Lipinski definition) is 0. The summed E-state index contributed by atoms with van der Waals surface area (Å²) in [5, 5.41) is 17.8. The molecule has 3 aromatic carbocycles. The minimum Gasteiger partial charge on any atom is -0.571 e. The number of hydrogen-bond acceptors (Lipinski definition) is 6. The van der Waals surface area contributed by atoms with Gasteiger partial charge in [0.1, 0.15) is 6.54 Å². The lowest BCUT2D eigenvalue weighted by atomic mass is 9.90. The predicted octanol–water partition coefficient (Wildman–Crippen LogP) is 4.58. The SMILES string of the molecule is O=C1c2ccccc2C(=O)c2c1n[n+]([O-])n2Cc1ccc(-c2ccc(CCN3CCCCC3)c3cccnc23)cc1. The van der Waals surface area contributed by atoms with Gasteiger partial charge in [-0.3, -0.25) is 14.6 Å². The predicted molar refractivity (Wildman–Crippen MR) is 155 cm³/mol. The smallest absolute Gasteiger partial charge is 0.220 e. The molecule has 0 radical (unpaired) electrons. The van der Waals surface area contributed by atoms with E-state index in [1.165, 1.54) is 48.0 Å². The first kappa shape index (κ1) is 25.3. The van der Waals surface area contributed by atoms with Crippen LogP contribution in [0.4, 0.5) is 0 Å². The minimum atomic E-state index is -0.410. The summed E-state index contributed by atoms with van der Waals surface area (Å²) in [6, 6.07) is 23.0. The molecule has 1 aliphatic carbocycles. The number of carbonyl (C=O) groups is 2. The average Bonchev–Trinajstić information content (AvgIpc) is 3.35. The van der Waals surface area contributed by atoms with Gasteiger partial charge >= 0.3 is 0 Å². The van der Waals surface area contributed by atoms with Crippen LogP contribution in [0.2, 0.25) is 0 Å². The lowest BCUT2D eigenvalue weighted by Gasteiger charge is -2.26. The molecule has 8 heteroatoms. The first-order chi connectivity index (χ1) is 20.1. The maximum atomic E-state index is 13.2. The van der Waals surface area contributed by atoms with Crippen molar-refractivity contribution in [2.24, 2.45) is 0 Å². The van der Waals surface area contributed by atoms with Gasteiger partial charge in [-0.1, -0.05) is 73.2 Å². The van der Waals surface area contributed by atoms with E-state index in [4.69, 9.17) is 4.98 Å². The number of likely N-dealkylation sites (tertiary alicyclic amines) is 1. The molecule has 0 spiro atoms. The van der Waals surface area contributed by atoms with Gasteiger partial charge in [-0.2, -0.15) is 0 Å². The van der Waals surface area contributed by atoms with E-state index < -0.39 is 5.78 Å². The molecule has 7 rings (SSSR count). The summed E-state index contributed by atoms with van der Waals surface area (Å²) < 4.78 is 1.23. The minimum absolute atomic E-state index is 0.0307. The number of aromatic nitrogens is 4. The summed E-state index contributed by atoms with van der Waals surface area (Å²) in [4.78, 5) is 33.8. The van der Waals surface area contributed by atoms with Crippen LogP contribution in [0.15, 0.2) is 79.0 Å². The molecular formula is C33H29N5O3. The van der Waals surface area contributed by atoms with Gasteiger partial charge < -0.3 is 10.1 Å². The second-order valence-electron chi connectivity index (χ2n) is 10.8. The summed E-state index contributed by atoms with van der Waals surface area (Å²) in [5.41, 5.74) is 5.66. The lowest BCUT2D eigenvalue weighted by molar-refractivity contribution is -0.748. The Labute approximate surface area is 237 Å². The van der Waals surface area contributed by atoms with E-state index in [0.29, 0.717) is 10.5 Å². The Morgan fingerprint density at radius 1 is 0.805 bits per heavy atom. The van der Waals surface area contributed by atoms with Gasteiger partial charge in [0.05, 0.1) is 5.52 Å². The number of carbonyl (C=O) groups excluding carboxylic acids is 2. The van der Waals surface area contributed by atoms with Crippen LogP contribution in [0, 0.1) is 5.21 Å². The van der Waals surface area contributed by atoms with Crippen LogP contribution in [0.5, 0.6) is 0 Å². The van der Waals surface area contributed by atoms with Crippen molar-refractivity contribution in [2.75, 3.05) is 19.6 Å². The van der Waals surface area contributed by atoms with Gasteiger partial charge in [0, 0.05) is 44.9 Å². The highest BCUT2D eigenvalue weighted by molar-refractivity contribution is 6.26. The molecule has 0 atom stereocenters. The molecule has 5 aromatic rings. The zero-order chi connectivity index (χ0) is 27.9. The number of fused-ring (bicyclic) bond motifs is 3. The van der Waals surface area contributed by atoms with E-state index in [2.05, 4.69) is 28.2 Å². The highest BCUT2D eigenvalue weighted by Gasteiger charge is 2.39. The Bertz CT molecular complexity index is 1800. The average molecular weight is 544 g/mol. The summed E-state index contributed by atoms with van der Waals surface area (Å²) in [7, 11) is 0. The van der Waals surface area contributed by atoms with Crippen LogP contribution < -0.4 is 4.96 Å². The molecule has 0 N–H and O–H groups in total. The largest absolute Gasteiger partial charge is 0.571 e. The zero-order valence-corrected chi connectivity index (χ0v) is 22.6. The van der Waals surface area contributed by atoms with Crippen molar-refractivity contribution in [3.8, 4) is 11.1 Å². The molecular weight excluding hydrogens is 514 g/mol. The lowest BCUT2D eigenvalue weighted by Crippen LogP contribution is -2.41. The Balaban J connectivity index is 1.16. The molecule has 0 saturated carbocycles. The monoisotopic (exact) mass is 543 g/mol. The molecule has 204 valence electrons. The van der Waals surface area contributed by atoms with Crippen LogP contribution in [0.25, 0.3) is 22.0 Å². The van der Waals surface area contributed by atoms with Crippen LogP contribution in [0.1, 0.15) is 62.5 Å². The standard InChI is InChI=1S/C33H29N5O3/c39-32-27-7-2-3-8-28(27)33(40)31-30(32)35-38(41)37(31)21-22-10-12-23(13-11-22)26-15-14-24(25-9-6-17-34-29(25)26)16-20-36-18-4-1-5-19-36/h2-3,6-15,17H,1,4-5,16,18-21H2. The zero-order valence-electron chi connectivity index (χ0n) is 22.6. The summed E-state index contributed by atoms with van der Waals surface area (Å²) in [5.74, 6) is -0.778. The van der Waals surface area contributed by atoms with Gasteiger partial charge in [0.25, 0.3) is 0 Å². The number of ketones is 2. The summed E-state index contributed by atoms with van der Waals surface area (Å²) in [6.45, 7) is 3.55. The van der Waals surface area contributed by atoms with Crippen molar-refractivity contribution in [3.63, 3.8) is 0 Å². The van der Waals surface area contributed by atoms with Crippen LogP contribution in [0.3, 0.4) is 0 Å². The number of nitrogens with zero attached hydrogens (tertiary/aromatic N) is 5.